The van der Waals surface area contributed by atoms with Crippen molar-refractivity contribution in [1.82, 2.24) is 0 Å². The standard InChI is InChI=1S/C12H18BrNO3/c1-15-11-7-8(4-5-9(11)13)6-10(14)12(16-2)17-3/h4-5,7,10,12H,6,14H2,1-3H3. The van der Waals surface area contributed by atoms with Gasteiger partial charge in [0.05, 0.1) is 17.6 Å². The van der Waals surface area contributed by atoms with E-state index < -0.39 is 6.29 Å². The molecule has 2 N–H and O–H groups in total. The van der Waals surface area contributed by atoms with Crippen molar-refractivity contribution >= 4 is 15.9 Å². The van der Waals surface area contributed by atoms with Gasteiger partial charge >= 0.3 is 0 Å². The molecule has 96 valence electrons. The quantitative estimate of drug-likeness (QED) is 0.816. The van der Waals surface area contributed by atoms with E-state index in [-0.39, 0.29) is 6.04 Å². The van der Waals surface area contributed by atoms with Crippen molar-refractivity contribution < 1.29 is 14.2 Å². The molecule has 0 aliphatic rings. The molecule has 0 aliphatic carbocycles. The fourth-order valence-electron chi connectivity index (χ4n) is 1.65. The minimum atomic E-state index is -0.398. The van der Waals surface area contributed by atoms with Crippen molar-refractivity contribution in [3.8, 4) is 5.75 Å². The van der Waals surface area contributed by atoms with E-state index in [1.54, 1.807) is 21.3 Å². The lowest BCUT2D eigenvalue weighted by Gasteiger charge is -2.21. The molecule has 0 spiro atoms. The first-order valence-corrected chi connectivity index (χ1v) is 6.05. The van der Waals surface area contributed by atoms with Gasteiger partial charge < -0.3 is 19.9 Å². The molecular formula is C12H18BrNO3. The molecular weight excluding hydrogens is 286 g/mol. The van der Waals surface area contributed by atoms with Crippen LogP contribution in [0.5, 0.6) is 5.75 Å². The van der Waals surface area contributed by atoms with Crippen LogP contribution in [0.3, 0.4) is 0 Å². The highest BCUT2D eigenvalue weighted by Gasteiger charge is 2.17. The minimum absolute atomic E-state index is 0.212. The maximum atomic E-state index is 6.00. The maximum absolute atomic E-state index is 6.00. The highest BCUT2D eigenvalue weighted by molar-refractivity contribution is 9.10. The van der Waals surface area contributed by atoms with Crippen molar-refractivity contribution in [3.05, 3.63) is 28.2 Å². The third kappa shape index (κ3) is 3.96. The van der Waals surface area contributed by atoms with Gasteiger partial charge in [-0.15, -0.1) is 0 Å². The van der Waals surface area contributed by atoms with E-state index in [1.807, 2.05) is 18.2 Å². The van der Waals surface area contributed by atoms with Gasteiger partial charge in [0, 0.05) is 14.2 Å². The first kappa shape index (κ1) is 14.4. The maximum Gasteiger partial charge on any atom is 0.172 e. The average molecular weight is 304 g/mol. The number of halogens is 1. The first-order chi connectivity index (χ1) is 8.12. The van der Waals surface area contributed by atoms with Crippen molar-refractivity contribution in [2.24, 2.45) is 5.73 Å². The zero-order chi connectivity index (χ0) is 12.8. The summed E-state index contributed by atoms with van der Waals surface area (Å²) in [5.41, 5.74) is 7.08. The largest absolute Gasteiger partial charge is 0.496 e. The second kappa shape index (κ2) is 6.96. The average Bonchev–Trinajstić information content (AvgIpc) is 2.33. The van der Waals surface area contributed by atoms with Crippen LogP contribution < -0.4 is 10.5 Å². The van der Waals surface area contributed by atoms with Gasteiger partial charge in [-0.25, -0.2) is 0 Å². The number of nitrogens with two attached hydrogens (primary N) is 1. The Bertz CT molecular complexity index is 356. The number of ether oxygens (including phenoxy) is 3. The Balaban J connectivity index is 2.74. The molecule has 1 rings (SSSR count). The molecule has 4 nitrogen and oxygen atoms in total. The zero-order valence-electron chi connectivity index (χ0n) is 10.3. The van der Waals surface area contributed by atoms with E-state index in [0.29, 0.717) is 6.42 Å². The summed E-state index contributed by atoms with van der Waals surface area (Å²) in [6.07, 6.45) is 0.264. The zero-order valence-corrected chi connectivity index (χ0v) is 11.9. The van der Waals surface area contributed by atoms with Crippen LogP contribution in [0.4, 0.5) is 0 Å². The summed E-state index contributed by atoms with van der Waals surface area (Å²) >= 11 is 3.41. The molecule has 0 heterocycles. The number of benzene rings is 1. The highest BCUT2D eigenvalue weighted by Crippen LogP contribution is 2.26. The van der Waals surface area contributed by atoms with Crippen molar-refractivity contribution in [2.75, 3.05) is 21.3 Å². The van der Waals surface area contributed by atoms with E-state index in [1.165, 1.54) is 0 Å². The fourth-order valence-corrected chi connectivity index (χ4v) is 2.05. The predicted molar refractivity (Wildman–Crippen MR) is 70.2 cm³/mol. The summed E-state index contributed by atoms with van der Waals surface area (Å²) in [6, 6.07) is 5.67. The third-order valence-electron chi connectivity index (χ3n) is 2.50. The number of hydrogen-bond acceptors (Lipinski definition) is 4. The molecule has 0 radical (unpaired) electrons. The van der Waals surface area contributed by atoms with Crippen LogP contribution in [0.1, 0.15) is 5.56 Å². The lowest BCUT2D eigenvalue weighted by atomic mass is 10.1. The van der Waals surface area contributed by atoms with E-state index in [4.69, 9.17) is 19.9 Å². The van der Waals surface area contributed by atoms with Gasteiger partial charge in [0.1, 0.15) is 5.75 Å². The summed E-state index contributed by atoms with van der Waals surface area (Å²) in [4.78, 5) is 0. The molecule has 0 saturated heterocycles. The van der Waals surface area contributed by atoms with Gasteiger partial charge in [0.15, 0.2) is 6.29 Å². The molecule has 0 amide bonds. The van der Waals surface area contributed by atoms with Gasteiger partial charge in [-0.2, -0.15) is 0 Å². The Morgan fingerprint density at radius 1 is 1.24 bits per heavy atom. The van der Waals surface area contributed by atoms with Crippen LogP contribution in [0.25, 0.3) is 0 Å². The number of methoxy groups -OCH3 is 3. The van der Waals surface area contributed by atoms with Gasteiger partial charge in [-0.05, 0) is 40.0 Å². The number of rotatable bonds is 6. The molecule has 0 saturated carbocycles. The van der Waals surface area contributed by atoms with Crippen LogP contribution in [-0.2, 0) is 15.9 Å². The fraction of sp³-hybridized carbons (Fsp3) is 0.500. The van der Waals surface area contributed by atoms with Crippen molar-refractivity contribution in [2.45, 2.75) is 18.8 Å². The molecule has 0 aliphatic heterocycles. The summed E-state index contributed by atoms with van der Waals surface area (Å²) in [6.45, 7) is 0. The predicted octanol–water partition coefficient (Wildman–Crippen LogP) is 1.95. The summed E-state index contributed by atoms with van der Waals surface area (Å²) in [7, 11) is 4.79. The van der Waals surface area contributed by atoms with Gasteiger partial charge in [0.25, 0.3) is 0 Å². The molecule has 5 heteroatoms. The summed E-state index contributed by atoms with van der Waals surface area (Å²) in [5, 5.41) is 0. The molecule has 0 bridgehead atoms. The topological polar surface area (TPSA) is 53.7 Å². The summed E-state index contributed by atoms with van der Waals surface area (Å²) < 4.78 is 16.4. The van der Waals surface area contributed by atoms with Gasteiger partial charge in [-0.3, -0.25) is 0 Å². The highest BCUT2D eigenvalue weighted by atomic mass is 79.9. The van der Waals surface area contributed by atoms with Crippen LogP contribution in [0.2, 0.25) is 0 Å². The monoisotopic (exact) mass is 303 g/mol. The molecule has 1 atom stereocenters. The second-order valence-electron chi connectivity index (χ2n) is 3.68. The molecule has 0 aromatic heterocycles. The Kier molecular flexibility index (Phi) is 5.91. The van der Waals surface area contributed by atoms with E-state index >= 15 is 0 Å². The van der Waals surface area contributed by atoms with E-state index in [2.05, 4.69) is 15.9 Å². The van der Waals surface area contributed by atoms with Crippen molar-refractivity contribution in [3.63, 3.8) is 0 Å². The Hall–Kier alpha value is -0.620. The van der Waals surface area contributed by atoms with Crippen LogP contribution >= 0.6 is 15.9 Å². The molecule has 17 heavy (non-hydrogen) atoms. The lowest BCUT2D eigenvalue weighted by molar-refractivity contribution is -0.115. The summed E-state index contributed by atoms with van der Waals surface area (Å²) in [5.74, 6) is 0.793. The molecule has 1 aromatic rings. The van der Waals surface area contributed by atoms with Crippen LogP contribution in [0.15, 0.2) is 22.7 Å². The normalized spacial score (nSPS) is 12.8. The SMILES string of the molecule is COc1cc(CC(N)C(OC)OC)ccc1Br. The van der Waals surface area contributed by atoms with E-state index in [9.17, 15) is 0 Å². The minimum Gasteiger partial charge on any atom is -0.496 e. The Morgan fingerprint density at radius 2 is 1.88 bits per heavy atom. The van der Waals surface area contributed by atoms with Gasteiger partial charge in [0.2, 0.25) is 0 Å². The third-order valence-corrected chi connectivity index (χ3v) is 3.16. The number of hydrogen-bond donors (Lipinski definition) is 1. The van der Waals surface area contributed by atoms with E-state index in [0.717, 1.165) is 15.8 Å². The first-order valence-electron chi connectivity index (χ1n) is 5.26. The molecule has 0 fully saturated rings. The van der Waals surface area contributed by atoms with Crippen LogP contribution in [-0.4, -0.2) is 33.7 Å². The van der Waals surface area contributed by atoms with Crippen molar-refractivity contribution in [1.29, 1.82) is 0 Å². The molecule has 1 unspecified atom stereocenters. The van der Waals surface area contributed by atoms with Crippen LogP contribution in [0, 0.1) is 0 Å². The van der Waals surface area contributed by atoms with Gasteiger partial charge in [-0.1, -0.05) is 6.07 Å². The molecule has 1 aromatic carbocycles. The second-order valence-corrected chi connectivity index (χ2v) is 4.53. The smallest absolute Gasteiger partial charge is 0.172 e. The Labute approximate surface area is 110 Å². The Morgan fingerprint density at radius 3 is 2.41 bits per heavy atom. The lowest BCUT2D eigenvalue weighted by Crippen LogP contribution is -2.39.